The van der Waals surface area contributed by atoms with Crippen molar-refractivity contribution in [2.24, 2.45) is 7.05 Å². The molecule has 4 rings (SSSR count). The molecule has 2 aromatic heterocycles. The van der Waals surface area contributed by atoms with Crippen LogP contribution in [0.5, 0.6) is 0 Å². The molecule has 3 aromatic rings. The van der Waals surface area contributed by atoms with Gasteiger partial charge in [0.25, 0.3) is 0 Å². The zero-order valence-electron chi connectivity index (χ0n) is 13.9. The lowest BCUT2D eigenvalue weighted by Gasteiger charge is -2.02. The van der Waals surface area contributed by atoms with Gasteiger partial charge in [0.2, 0.25) is 11.6 Å². The highest BCUT2D eigenvalue weighted by Gasteiger charge is 2.27. The van der Waals surface area contributed by atoms with Crippen molar-refractivity contribution in [3.63, 3.8) is 0 Å². The fourth-order valence-corrected chi connectivity index (χ4v) is 2.98. The van der Waals surface area contributed by atoms with Gasteiger partial charge in [0.15, 0.2) is 5.82 Å². The van der Waals surface area contributed by atoms with Gasteiger partial charge in [-0.1, -0.05) is 29.8 Å². The monoisotopic (exact) mass is 368 g/mol. The SMILES string of the molecule is Cn1nc(C(=O)Cc2ccc3c(c2)B(O)OC3)nc1-c1ccc(Cl)cn1. The van der Waals surface area contributed by atoms with Gasteiger partial charge in [-0.25, -0.2) is 9.67 Å². The predicted molar refractivity (Wildman–Crippen MR) is 96.1 cm³/mol. The fourth-order valence-electron chi connectivity index (χ4n) is 2.87. The van der Waals surface area contributed by atoms with Crippen molar-refractivity contribution in [2.45, 2.75) is 13.0 Å². The van der Waals surface area contributed by atoms with Crippen LogP contribution >= 0.6 is 11.6 Å². The van der Waals surface area contributed by atoms with Gasteiger partial charge in [0.05, 0.1) is 11.6 Å². The Bertz CT molecular complexity index is 990. The summed E-state index contributed by atoms with van der Waals surface area (Å²) in [5.41, 5.74) is 2.99. The first kappa shape index (κ1) is 16.9. The standard InChI is InChI=1S/C17H14BClN4O3/c1-23-17(14-5-4-12(19)8-20-14)21-16(22-23)15(24)7-10-2-3-11-9-26-18(25)13(11)6-10/h2-6,8,25H,7,9H2,1H3. The van der Waals surface area contributed by atoms with Crippen LogP contribution in [-0.4, -0.2) is 37.7 Å². The molecule has 0 bridgehead atoms. The molecule has 9 heteroatoms. The Morgan fingerprint density at radius 2 is 2.23 bits per heavy atom. The number of benzene rings is 1. The van der Waals surface area contributed by atoms with E-state index in [1.165, 1.54) is 10.9 Å². The van der Waals surface area contributed by atoms with Crippen molar-refractivity contribution in [3.8, 4) is 11.5 Å². The number of rotatable bonds is 4. The number of ketones is 1. The minimum Gasteiger partial charge on any atom is -0.423 e. The maximum absolute atomic E-state index is 12.6. The Morgan fingerprint density at radius 1 is 1.38 bits per heavy atom. The summed E-state index contributed by atoms with van der Waals surface area (Å²) in [6.45, 7) is 0.379. The van der Waals surface area contributed by atoms with Crippen molar-refractivity contribution in [2.75, 3.05) is 0 Å². The number of aryl methyl sites for hydroxylation is 1. The molecule has 0 aliphatic carbocycles. The molecular formula is C17H14BClN4O3. The van der Waals surface area contributed by atoms with E-state index in [-0.39, 0.29) is 18.0 Å². The van der Waals surface area contributed by atoms with Gasteiger partial charge in [-0.3, -0.25) is 9.78 Å². The van der Waals surface area contributed by atoms with Crippen molar-refractivity contribution in [3.05, 3.63) is 58.5 Å². The first-order valence-corrected chi connectivity index (χ1v) is 8.36. The highest BCUT2D eigenvalue weighted by Crippen LogP contribution is 2.17. The first-order chi connectivity index (χ1) is 12.5. The molecule has 130 valence electrons. The summed E-state index contributed by atoms with van der Waals surface area (Å²) >= 11 is 5.85. The number of hydrogen-bond acceptors (Lipinski definition) is 6. The molecule has 0 unspecified atom stereocenters. The molecule has 1 aliphatic heterocycles. The van der Waals surface area contributed by atoms with E-state index in [0.717, 1.165) is 11.1 Å². The van der Waals surface area contributed by atoms with Crippen molar-refractivity contribution in [1.82, 2.24) is 19.7 Å². The summed E-state index contributed by atoms with van der Waals surface area (Å²) in [4.78, 5) is 21.1. The second-order valence-electron chi connectivity index (χ2n) is 6.04. The molecule has 1 N–H and O–H groups in total. The zero-order chi connectivity index (χ0) is 18.3. The maximum atomic E-state index is 12.6. The van der Waals surface area contributed by atoms with Gasteiger partial charge in [-0.05, 0) is 28.7 Å². The number of hydrogen-bond donors (Lipinski definition) is 1. The number of aromatic nitrogens is 4. The van der Waals surface area contributed by atoms with Crippen LogP contribution in [0.25, 0.3) is 11.5 Å². The van der Waals surface area contributed by atoms with Gasteiger partial charge in [0, 0.05) is 19.7 Å². The largest absolute Gasteiger partial charge is 0.491 e. The van der Waals surface area contributed by atoms with Crippen LogP contribution in [0.4, 0.5) is 0 Å². The number of halogens is 1. The molecule has 0 amide bonds. The molecule has 1 aliphatic rings. The maximum Gasteiger partial charge on any atom is 0.491 e. The summed E-state index contributed by atoms with van der Waals surface area (Å²) in [5.74, 6) is 0.397. The highest BCUT2D eigenvalue weighted by atomic mass is 35.5. The molecule has 0 radical (unpaired) electrons. The summed E-state index contributed by atoms with van der Waals surface area (Å²) in [7, 11) is 0.772. The summed E-state index contributed by atoms with van der Waals surface area (Å²) in [5, 5.41) is 14.5. The zero-order valence-corrected chi connectivity index (χ0v) is 14.6. The predicted octanol–water partition coefficient (Wildman–Crippen LogP) is 1.17. The Labute approximate surface area is 154 Å². The number of carbonyl (C=O) groups is 1. The van der Waals surface area contributed by atoms with E-state index in [1.54, 1.807) is 25.2 Å². The molecule has 0 atom stereocenters. The first-order valence-electron chi connectivity index (χ1n) is 7.99. The van der Waals surface area contributed by atoms with Crippen LogP contribution in [0.1, 0.15) is 21.7 Å². The number of fused-ring (bicyclic) bond motifs is 1. The van der Waals surface area contributed by atoms with E-state index in [2.05, 4.69) is 15.1 Å². The average Bonchev–Trinajstić information content (AvgIpc) is 3.19. The molecule has 0 fully saturated rings. The average molecular weight is 369 g/mol. The number of Topliss-reactive ketones (excluding diaryl/α,β-unsaturated/α-hetero) is 1. The molecule has 0 saturated carbocycles. The van der Waals surface area contributed by atoms with Gasteiger partial charge < -0.3 is 9.68 Å². The number of pyridine rings is 1. The third kappa shape index (κ3) is 3.14. The Balaban J connectivity index is 1.57. The summed E-state index contributed by atoms with van der Waals surface area (Å²) < 4.78 is 6.69. The second-order valence-corrected chi connectivity index (χ2v) is 6.48. The minimum atomic E-state index is -0.935. The lowest BCUT2D eigenvalue weighted by atomic mass is 9.78. The van der Waals surface area contributed by atoms with Crippen LogP contribution in [-0.2, 0) is 24.7 Å². The smallest absolute Gasteiger partial charge is 0.423 e. The number of carbonyl (C=O) groups excluding carboxylic acids is 1. The van der Waals surface area contributed by atoms with E-state index in [9.17, 15) is 9.82 Å². The Hall–Kier alpha value is -2.55. The van der Waals surface area contributed by atoms with Crippen LogP contribution in [0.3, 0.4) is 0 Å². The van der Waals surface area contributed by atoms with Crippen LogP contribution in [0, 0.1) is 0 Å². The minimum absolute atomic E-state index is 0.122. The third-order valence-electron chi connectivity index (χ3n) is 4.21. The molecule has 7 nitrogen and oxygen atoms in total. The molecule has 26 heavy (non-hydrogen) atoms. The molecule has 1 aromatic carbocycles. The summed E-state index contributed by atoms with van der Waals surface area (Å²) in [6, 6.07) is 8.93. The van der Waals surface area contributed by atoms with Crippen LogP contribution in [0.15, 0.2) is 36.5 Å². The normalized spacial score (nSPS) is 13.1. The third-order valence-corrected chi connectivity index (χ3v) is 4.43. The fraction of sp³-hybridized carbons (Fsp3) is 0.176. The Kier molecular flexibility index (Phi) is 4.32. The molecular weight excluding hydrogens is 354 g/mol. The van der Waals surface area contributed by atoms with E-state index < -0.39 is 7.12 Å². The molecule has 3 heterocycles. The van der Waals surface area contributed by atoms with E-state index in [0.29, 0.717) is 28.6 Å². The van der Waals surface area contributed by atoms with Gasteiger partial charge in [-0.2, -0.15) is 0 Å². The second kappa shape index (κ2) is 6.64. The van der Waals surface area contributed by atoms with Crippen molar-refractivity contribution >= 4 is 30.0 Å². The number of nitrogens with zero attached hydrogens (tertiary/aromatic N) is 4. The molecule has 0 spiro atoms. The van der Waals surface area contributed by atoms with E-state index in [1.807, 2.05) is 12.1 Å². The Morgan fingerprint density at radius 3 is 3.00 bits per heavy atom. The van der Waals surface area contributed by atoms with Crippen molar-refractivity contribution < 1.29 is 14.5 Å². The van der Waals surface area contributed by atoms with Gasteiger partial charge in [-0.15, -0.1) is 5.10 Å². The lowest BCUT2D eigenvalue weighted by molar-refractivity contribution is 0.0983. The van der Waals surface area contributed by atoms with E-state index in [4.69, 9.17) is 16.3 Å². The van der Waals surface area contributed by atoms with Crippen LogP contribution < -0.4 is 5.46 Å². The highest BCUT2D eigenvalue weighted by molar-refractivity contribution is 6.61. The van der Waals surface area contributed by atoms with E-state index >= 15 is 0 Å². The quantitative estimate of drug-likeness (QED) is 0.549. The summed E-state index contributed by atoms with van der Waals surface area (Å²) in [6.07, 6.45) is 1.66. The van der Waals surface area contributed by atoms with Gasteiger partial charge >= 0.3 is 7.12 Å². The topological polar surface area (TPSA) is 90.1 Å². The van der Waals surface area contributed by atoms with Gasteiger partial charge in [0.1, 0.15) is 5.69 Å². The molecule has 0 saturated heterocycles. The lowest BCUT2D eigenvalue weighted by Crippen LogP contribution is -2.28. The van der Waals surface area contributed by atoms with Crippen LogP contribution in [0.2, 0.25) is 5.02 Å². The van der Waals surface area contributed by atoms with Crippen molar-refractivity contribution in [1.29, 1.82) is 0 Å².